The molecule has 0 amide bonds. The van der Waals surface area contributed by atoms with Crippen LogP contribution < -0.4 is 5.73 Å². The largest absolute Gasteiger partial charge is 0.325 e. The lowest BCUT2D eigenvalue weighted by molar-refractivity contribution is 0.133. The smallest absolute Gasteiger partial charge is 0.111 e. The maximum atomic E-state index is 13.0. The maximum absolute atomic E-state index is 13.0. The quantitative estimate of drug-likeness (QED) is 0.306. The van der Waals surface area contributed by atoms with Crippen molar-refractivity contribution in [3.05, 3.63) is 0 Å². The van der Waals surface area contributed by atoms with Crippen LogP contribution in [-0.4, -0.2) is 11.2 Å². The second-order valence-corrected chi connectivity index (χ2v) is 26.8. The van der Waals surface area contributed by atoms with Gasteiger partial charge in [-0.25, -0.2) is 4.39 Å². The van der Waals surface area contributed by atoms with Crippen molar-refractivity contribution in [2.24, 2.45) is 60.9 Å². The molecule has 0 aromatic carbocycles. The Balaban J connectivity index is 0.000000608. The number of nitrogens with zero attached hydrogens (tertiary/aromatic N) is 1. The van der Waals surface area contributed by atoms with Gasteiger partial charge in [-0.1, -0.05) is 158 Å². The molecular weight excluding hydrogens is 636 g/mol. The SMILES string of the molecule is CC(C)(C)C.CC(C)(C)CC1(C#N)CCC1.CC(C)(C)CC1(C)CC1.CC(C)(C)CC1(N)CC1.CC(C)(C)CC1CC1.CC(C)(C)CC1CC1(C)F. The molecular formula is C49H97FN2. The summed E-state index contributed by atoms with van der Waals surface area (Å²) >= 11 is 0. The van der Waals surface area contributed by atoms with Crippen molar-refractivity contribution in [3.63, 3.8) is 0 Å². The van der Waals surface area contributed by atoms with Crippen molar-refractivity contribution in [1.29, 1.82) is 5.26 Å². The topological polar surface area (TPSA) is 49.8 Å². The van der Waals surface area contributed by atoms with Crippen molar-refractivity contribution >= 4 is 0 Å². The molecule has 0 heterocycles. The third-order valence-electron chi connectivity index (χ3n) is 10.0. The van der Waals surface area contributed by atoms with Crippen LogP contribution in [0.25, 0.3) is 0 Å². The first-order valence-corrected chi connectivity index (χ1v) is 21.6. The van der Waals surface area contributed by atoms with Crippen LogP contribution in [-0.2, 0) is 0 Å². The van der Waals surface area contributed by atoms with E-state index in [1.165, 1.54) is 64.2 Å². The molecule has 2 atom stereocenters. The molecule has 0 spiro atoms. The van der Waals surface area contributed by atoms with Gasteiger partial charge in [-0.15, -0.1) is 0 Å². The lowest BCUT2D eigenvalue weighted by Gasteiger charge is -2.39. The van der Waals surface area contributed by atoms with Gasteiger partial charge in [0.05, 0.1) is 11.5 Å². The number of halogens is 1. The van der Waals surface area contributed by atoms with E-state index in [0.717, 1.165) is 43.4 Å². The van der Waals surface area contributed by atoms with E-state index in [0.29, 0.717) is 38.4 Å². The molecule has 0 radical (unpaired) electrons. The van der Waals surface area contributed by atoms with Gasteiger partial charge in [-0.05, 0) is 134 Å². The zero-order valence-electron chi connectivity index (χ0n) is 39.7. The van der Waals surface area contributed by atoms with E-state index in [4.69, 9.17) is 11.0 Å². The molecule has 0 saturated heterocycles. The summed E-state index contributed by atoms with van der Waals surface area (Å²) in [4.78, 5) is 0. The molecule has 2 nitrogen and oxygen atoms in total. The van der Waals surface area contributed by atoms with E-state index < -0.39 is 5.67 Å². The van der Waals surface area contributed by atoms with Crippen LogP contribution in [0.15, 0.2) is 0 Å². The lowest BCUT2D eigenvalue weighted by atomic mass is 9.62. The minimum absolute atomic E-state index is 0.0538. The van der Waals surface area contributed by atoms with E-state index in [9.17, 15) is 4.39 Å². The predicted octanol–water partition coefficient (Wildman–Crippen LogP) is 16.3. The zero-order valence-corrected chi connectivity index (χ0v) is 39.7. The fourth-order valence-corrected chi connectivity index (χ4v) is 7.65. The molecule has 2 N–H and O–H groups in total. The zero-order chi connectivity index (χ0) is 41.5. The summed E-state index contributed by atoms with van der Waals surface area (Å²) in [5.74, 6) is 1.43. The highest BCUT2D eigenvalue weighted by Gasteiger charge is 2.51. The number of hydrogen-bond donors (Lipinski definition) is 1. The standard InChI is InChI=1S/C10H17N.C9H17F.C9H18.C8H17N.C8H16.C5H12/c1-9(2,3)7-10(8-11)5-4-6-10;1-8(2,3)5-7-6-9(7,4)10;1-8(2,3)7-9(4)5-6-9;1-7(2,3)6-8(9)4-5-8;1-8(2,3)6-7-4-5-7;1-5(2,3)4/h4-7H2,1-3H3;7H,5-6H2,1-4H3;5-7H2,1-4H3;4-6,9H2,1-3H3;7H,4-6H2,1-3H3;1-4H3. The first-order chi connectivity index (χ1) is 22.7. The van der Waals surface area contributed by atoms with Crippen LogP contribution in [0.3, 0.4) is 0 Å². The van der Waals surface area contributed by atoms with Gasteiger partial charge in [0.25, 0.3) is 0 Å². The molecule has 5 rings (SSSR count). The molecule has 2 unspecified atom stereocenters. The molecule has 0 aliphatic heterocycles. The van der Waals surface area contributed by atoms with E-state index in [-0.39, 0.29) is 11.0 Å². The fourth-order valence-electron chi connectivity index (χ4n) is 7.65. The summed E-state index contributed by atoms with van der Waals surface area (Å²) in [7, 11) is 0. The Morgan fingerprint density at radius 2 is 0.942 bits per heavy atom. The lowest BCUT2D eigenvalue weighted by Crippen LogP contribution is -2.32. The summed E-state index contributed by atoms with van der Waals surface area (Å²) in [6.07, 6.45) is 18.8. The van der Waals surface area contributed by atoms with Gasteiger partial charge in [-0.2, -0.15) is 5.26 Å². The number of hydrogen-bond acceptors (Lipinski definition) is 2. The first-order valence-electron chi connectivity index (χ1n) is 21.6. The normalized spacial score (nSPS) is 25.1. The molecule has 0 bridgehead atoms. The highest BCUT2D eigenvalue weighted by atomic mass is 19.1. The maximum Gasteiger partial charge on any atom is 0.111 e. The average molecular weight is 733 g/mol. The van der Waals surface area contributed by atoms with Crippen molar-refractivity contribution in [2.45, 2.75) is 253 Å². The minimum Gasteiger partial charge on any atom is -0.325 e. The highest BCUT2D eigenvalue weighted by Crippen LogP contribution is 2.53. The number of rotatable bonds is 5. The van der Waals surface area contributed by atoms with Crippen LogP contribution in [0.4, 0.5) is 4.39 Å². The van der Waals surface area contributed by atoms with Crippen LogP contribution in [0.5, 0.6) is 0 Å². The van der Waals surface area contributed by atoms with Crippen LogP contribution >= 0.6 is 0 Å². The third-order valence-corrected chi connectivity index (χ3v) is 10.0. The molecule has 5 saturated carbocycles. The molecule has 310 valence electrons. The summed E-state index contributed by atoms with van der Waals surface area (Å²) in [5, 5.41) is 8.95. The van der Waals surface area contributed by atoms with Crippen molar-refractivity contribution in [2.75, 3.05) is 0 Å². The summed E-state index contributed by atoms with van der Waals surface area (Å²) in [6.45, 7) is 46.7. The van der Waals surface area contributed by atoms with Gasteiger partial charge < -0.3 is 5.73 Å². The Labute approximate surface area is 328 Å². The molecule has 0 aromatic heterocycles. The van der Waals surface area contributed by atoms with E-state index in [1.54, 1.807) is 6.92 Å². The van der Waals surface area contributed by atoms with E-state index in [1.807, 2.05) is 0 Å². The fraction of sp³-hybridized carbons (Fsp3) is 0.980. The van der Waals surface area contributed by atoms with Gasteiger partial charge >= 0.3 is 0 Å². The monoisotopic (exact) mass is 733 g/mol. The molecule has 5 fully saturated rings. The second kappa shape index (κ2) is 18.5. The first kappa shape index (κ1) is 51.4. The highest BCUT2D eigenvalue weighted by molar-refractivity contribution is 5.06. The summed E-state index contributed by atoms with van der Waals surface area (Å²) in [5.41, 5.74) is 8.80. The summed E-state index contributed by atoms with van der Waals surface area (Å²) < 4.78 is 13.0. The minimum atomic E-state index is -0.826. The van der Waals surface area contributed by atoms with Gasteiger partial charge in [-0.3, -0.25) is 0 Å². The van der Waals surface area contributed by atoms with E-state index in [2.05, 4.69) is 145 Å². The Kier molecular flexibility index (Phi) is 18.3. The predicted molar refractivity (Wildman–Crippen MR) is 231 cm³/mol. The third kappa shape index (κ3) is 31.7. The van der Waals surface area contributed by atoms with Gasteiger partial charge in [0.2, 0.25) is 0 Å². The van der Waals surface area contributed by atoms with Crippen molar-refractivity contribution in [1.82, 2.24) is 0 Å². The molecule has 5 aliphatic rings. The van der Waals surface area contributed by atoms with Crippen LogP contribution in [0.2, 0.25) is 0 Å². The average Bonchev–Trinajstić information content (AvgIpc) is 3.68. The Morgan fingerprint density at radius 1 is 0.577 bits per heavy atom. The van der Waals surface area contributed by atoms with Gasteiger partial charge in [0, 0.05) is 5.54 Å². The van der Waals surface area contributed by atoms with Gasteiger partial charge in [0.1, 0.15) is 5.67 Å². The van der Waals surface area contributed by atoms with Crippen molar-refractivity contribution in [3.8, 4) is 6.07 Å². The van der Waals surface area contributed by atoms with E-state index >= 15 is 0 Å². The van der Waals surface area contributed by atoms with Crippen LogP contribution in [0, 0.1) is 66.5 Å². The number of nitriles is 1. The van der Waals surface area contributed by atoms with Crippen LogP contribution in [0.1, 0.15) is 242 Å². The molecule has 0 aromatic rings. The molecule has 5 aliphatic carbocycles. The number of alkyl halides is 1. The number of nitrogens with two attached hydrogens (primary N) is 1. The Morgan fingerprint density at radius 3 is 1.04 bits per heavy atom. The van der Waals surface area contributed by atoms with Gasteiger partial charge in [0.15, 0.2) is 0 Å². The molecule has 52 heavy (non-hydrogen) atoms. The second-order valence-electron chi connectivity index (χ2n) is 26.8. The Bertz CT molecular complexity index is 1010. The summed E-state index contributed by atoms with van der Waals surface area (Å²) in [6, 6.07) is 2.47. The Hall–Kier alpha value is -0.620. The molecule has 3 heteroatoms. The van der Waals surface area contributed by atoms with Crippen molar-refractivity contribution < 1.29 is 4.39 Å².